The minimum atomic E-state index is -1.33. The third kappa shape index (κ3) is 9.34. The Kier molecular flexibility index (Phi) is 10.8. The largest absolute Gasteiger partial charge is 0.481 e. The average Bonchev–Trinajstić information content (AvgIpc) is 2.60. The molecule has 0 radical (unpaired) electrons. The third-order valence-corrected chi connectivity index (χ3v) is 4.08. The zero-order chi connectivity index (χ0) is 22.9. The highest BCUT2D eigenvalue weighted by Gasteiger charge is 2.31. The lowest BCUT2D eigenvalue weighted by Gasteiger charge is -2.27. The van der Waals surface area contributed by atoms with Crippen molar-refractivity contribution in [2.75, 3.05) is 0 Å². The van der Waals surface area contributed by atoms with Crippen LogP contribution in [0.4, 0.5) is 0 Å². The fourth-order valence-electron chi connectivity index (χ4n) is 2.18. The van der Waals surface area contributed by atoms with Crippen LogP contribution in [0.5, 0.6) is 0 Å². The van der Waals surface area contributed by atoms with Gasteiger partial charge in [0.2, 0.25) is 17.7 Å². The second-order valence-corrected chi connectivity index (χ2v) is 7.06. The molecule has 0 heterocycles. The lowest BCUT2D eigenvalue weighted by molar-refractivity contribution is -0.142. The highest BCUT2D eigenvalue weighted by atomic mass is 16.4. The molecular formula is C17H30N4O8. The van der Waals surface area contributed by atoms with Gasteiger partial charge in [0.05, 0.1) is 6.10 Å². The number of carboxylic acid groups (broad SMARTS) is 2. The van der Waals surface area contributed by atoms with Gasteiger partial charge in [-0.25, -0.2) is 0 Å². The van der Waals surface area contributed by atoms with Crippen molar-refractivity contribution in [2.45, 2.75) is 70.8 Å². The molecule has 0 saturated heterocycles. The van der Waals surface area contributed by atoms with Gasteiger partial charge < -0.3 is 37.0 Å². The van der Waals surface area contributed by atoms with Gasteiger partial charge in [-0.3, -0.25) is 24.0 Å². The van der Waals surface area contributed by atoms with Crippen molar-refractivity contribution in [2.24, 2.45) is 11.7 Å². The molecule has 29 heavy (non-hydrogen) atoms. The molecule has 0 aromatic rings. The van der Waals surface area contributed by atoms with Gasteiger partial charge in [0.15, 0.2) is 0 Å². The summed E-state index contributed by atoms with van der Waals surface area (Å²) in [6.07, 6.45) is -1.89. The van der Waals surface area contributed by atoms with Crippen LogP contribution in [0, 0.1) is 5.92 Å². The molecule has 5 atom stereocenters. The van der Waals surface area contributed by atoms with Crippen molar-refractivity contribution in [1.82, 2.24) is 16.0 Å². The van der Waals surface area contributed by atoms with Crippen LogP contribution in [0.3, 0.4) is 0 Å². The molecule has 0 aliphatic carbocycles. The molecule has 0 saturated carbocycles. The number of aliphatic hydroxyl groups is 1. The van der Waals surface area contributed by atoms with Crippen molar-refractivity contribution in [3.8, 4) is 0 Å². The Hall–Kier alpha value is -2.73. The summed E-state index contributed by atoms with van der Waals surface area (Å²) in [7, 11) is 0. The molecule has 0 aliphatic rings. The van der Waals surface area contributed by atoms with Crippen molar-refractivity contribution >= 4 is 29.7 Å². The summed E-state index contributed by atoms with van der Waals surface area (Å²) in [6.45, 7) is 5.77. The number of carbonyl (C=O) groups excluding carboxylic acids is 3. The monoisotopic (exact) mass is 418 g/mol. The van der Waals surface area contributed by atoms with E-state index in [1.165, 1.54) is 13.8 Å². The Labute approximate surface area is 168 Å². The van der Waals surface area contributed by atoms with Crippen LogP contribution in [0.15, 0.2) is 0 Å². The maximum atomic E-state index is 12.6. The van der Waals surface area contributed by atoms with E-state index >= 15 is 0 Å². The Balaban J connectivity index is 5.34. The van der Waals surface area contributed by atoms with E-state index in [0.29, 0.717) is 0 Å². The first-order valence-electron chi connectivity index (χ1n) is 9.07. The van der Waals surface area contributed by atoms with Crippen molar-refractivity contribution < 1.29 is 39.3 Å². The number of aliphatic hydroxyl groups excluding tert-OH is 1. The Morgan fingerprint density at radius 2 is 1.41 bits per heavy atom. The van der Waals surface area contributed by atoms with E-state index in [9.17, 15) is 29.1 Å². The minimum absolute atomic E-state index is 0.287. The van der Waals surface area contributed by atoms with Crippen LogP contribution in [0.2, 0.25) is 0 Å². The number of carboxylic acids is 2. The van der Waals surface area contributed by atoms with Crippen LogP contribution in [0.1, 0.15) is 40.5 Å². The van der Waals surface area contributed by atoms with Gasteiger partial charge in [-0.05, 0) is 26.2 Å². The summed E-state index contributed by atoms with van der Waals surface area (Å²) in [5.74, 6) is -5.37. The number of hydrogen-bond donors (Lipinski definition) is 7. The Morgan fingerprint density at radius 3 is 1.83 bits per heavy atom. The Bertz CT molecular complexity index is 623. The molecule has 0 rings (SSSR count). The van der Waals surface area contributed by atoms with Crippen LogP contribution in [-0.4, -0.2) is 75.3 Å². The van der Waals surface area contributed by atoms with Crippen molar-refractivity contribution in [1.29, 1.82) is 0 Å². The minimum Gasteiger partial charge on any atom is -0.481 e. The zero-order valence-electron chi connectivity index (χ0n) is 16.8. The average molecular weight is 418 g/mol. The first kappa shape index (κ1) is 26.3. The lowest BCUT2D eigenvalue weighted by atomic mass is 10.0. The summed E-state index contributed by atoms with van der Waals surface area (Å²) in [4.78, 5) is 58.7. The molecule has 166 valence electrons. The summed E-state index contributed by atoms with van der Waals surface area (Å²) >= 11 is 0. The molecular weight excluding hydrogens is 388 g/mol. The van der Waals surface area contributed by atoms with E-state index in [1.807, 2.05) is 0 Å². The summed E-state index contributed by atoms with van der Waals surface area (Å²) in [5, 5.41) is 34.0. The molecule has 0 bridgehead atoms. The predicted molar refractivity (Wildman–Crippen MR) is 100 cm³/mol. The van der Waals surface area contributed by atoms with E-state index < -0.39 is 72.3 Å². The highest BCUT2D eigenvalue weighted by Crippen LogP contribution is 2.06. The molecule has 0 fully saturated rings. The first-order valence-corrected chi connectivity index (χ1v) is 9.07. The molecule has 5 unspecified atom stereocenters. The number of aliphatic carboxylic acids is 2. The van der Waals surface area contributed by atoms with E-state index in [-0.39, 0.29) is 6.42 Å². The maximum absolute atomic E-state index is 12.6. The smallest absolute Gasteiger partial charge is 0.325 e. The van der Waals surface area contributed by atoms with Gasteiger partial charge in [-0.2, -0.15) is 0 Å². The summed E-state index contributed by atoms with van der Waals surface area (Å²) < 4.78 is 0. The summed E-state index contributed by atoms with van der Waals surface area (Å²) in [6, 6.07) is -4.98. The predicted octanol–water partition coefficient (Wildman–Crippen LogP) is -2.23. The second kappa shape index (κ2) is 12.0. The van der Waals surface area contributed by atoms with Crippen molar-refractivity contribution in [3.05, 3.63) is 0 Å². The molecule has 3 amide bonds. The van der Waals surface area contributed by atoms with Gasteiger partial charge in [-0.15, -0.1) is 0 Å². The SMILES string of the molecule is CC(NC(=O)C(CCC(=O)O)NC(=O)C(NC(=O)C(N)C(C)O)C(C)C)C(=O)O. The molecule has 12 heteroatoms. The second-order valence-electron chi connectivity index (χ2n) is 7.06. The maximum Gasteiger partial charge on any atom is 0.325 e. The van der Waals surface area contributed by atoms with E-state index in [4.69, 9.17) is 15.9 Å². The number of carbonyl (C=O) groups is 5. The third-order valence-electron chi connectivity index (χ3n) is 4.08. The lowest BCUT2D eigenvalue weighted by Crippen LogP contribution is -2.59. The van der Waals surface area contributed by atoms with Gasteiger partial charge in [0.25, 0.3) is 0 Å². The Morgan fingerprint density at radius 1 is 0.862 bits per heavy atom. The molecule has 8 N–H and O–H groups in total. The topological polar surface area (TPSA) is 208 Å². The quantitative estimate of drug-likeness (QED) is 0.183. The zero-order valence-corrected chi connectivity index (χ0v) is 16.8. The highest BCUT2D eigenvalue weighted by molar-refractivity contribution is 5.94. The van der Waals surface area contributed by atoms with E-state index in [1.54, 1.807) is 13.8 Å². The molecule has 0 aromatic heterocycles. The van der Waals surface area contributed by atoms with Gasteiger partial charge >= 0.3 is 11.9 Å². The normalized spacial score (nSPS) is 16.1. The van der Waals surface area contributed by atoms with Gasteiger partial charge in [0.1, 0.15) is 24.2 Å². The van der Waals surface area contributed by atoms with Gasteiger partial charge in [0, 0.05) is 6.42 Å². The number of hydrogen-bond acceptors (Lipinski definition) is 7. The van der Waals surface area contributed by atoms with Crippen LogP contribution < -0.4 is 21.7 Å². The molecule has 0 spiro atoms. The van der Waals surface area contributed by atoms with E-state index in [0.717, 1.165) is 0 Å². The fourth-order valence-corrected chi connectivity index (χ4v) is 2.18. The first-order chi connectivity index (χ1) is 13.3. The van der Waals surface area contributed by atoms with Crippen LogP contribution in [0.25, 0.3) is 0 Å². The molecule has 12 nitrogen and oxygen atoms in total. The fraction of sp³-hybridized carbons (Fsp3) is 0.706. The molecule has 0 aromatic carbocycles. The number of nitrogens with two attached hydrogens (primary N) is 1. The van der Waals surface area contributed by atoms with Gasteiger partial charge in [-0.1, -0.05) is 13.8 Å². The summed E-state index contributed by atoms with van der Waals surface area (Å²) in [5.41, 5.74) is 5.54. The van der Waals surface area contributed by atoms with E-state index in [2.05, 4.69) is 16.0 Å². The standard InChI is InChI=1S/C17H30N4O8/c1-7(2)13(21-15(26)12(18)9(4)22)16(27)20-10(5-6-11(23)24)14(25)19-8(3)17(28)29/h7-10,12-13,22H,5-6,18H2,1-4H3,(H,19,25)(H,20,27)(H,21,26)(H,23,24)(H,28,29). The van der Waals surface area contributed by atoms with Crippen LogP contribution >= 0.6 is 0 Å². The number of amides is 3. The number of nitrogens with one attached hydrogen (secondary N) is 3. The number of rotatable bonds is 12. The van der Waals surface area contributed by atoms with Crippen LogP contribution in [-0.2, 0) is 24.0 Å². The molecule has 0 aliphatic heterocycles. The van der Waals surface area contributed by atoms with Crippen molar-refractivity contribution in [3.63, 3.8) is 0 Å².